The van der Waals surface area contributed by atoms with Crippen LogP contribution in [0.25, 0.3) is 0 Å². The van der Waals surface area contributed by atoms with E-state index in [1.54, 1.807) is 4.90 Å². The highest BCUT2D eigenvalue weighted by Gasteiger charge is 2.48. The monoisotopic (exact) mass is 287 g/mol. The van der Waals surface area contributed by atoms with Gasteiger partial charge in [-0.05, 0) is 31.2 Å². The Kier molecular flexibility index (Phi) is 3.47. The van der Waals surface area contributed by atoms with Crippen LogP contribution < -0.4 is 0 Å². The van der Waals surface area contributed by atoms with Gasteiger partial charge in [-0.15, -0.1) is 0 Å². The molecule has 0 aromatic heterocycles. The van der Waals surface area contributed by atoms with E-state index in [0.717, 1.165) is 12.8 Å². The number of carbonyl (C=O) groups is 2. The van der Waals surface area contributed by atoms with Gasteiger partial charge >= 0.3 is 5.97 Å². The summed E-state index contributed by atoms with van der Waals surface area (Å²) >= 11 is 0. The van der Waals surface area contributed by atoms with Crippen LogP contribution in [-0.2, 0) is 15.0 Å². The van der Waals surface area contributed by atoms with Gasteiger partial charge in [0, 0.05) is 19.0 Å². The van der Waals surface area contributed by atoms with Crippen molar-refractivity contribution in [3.8, 4) is 0 Å². The second-order valence-electron chi connectivity index (χ2n) is 6.47. The van der Waals surface area contributed by atoms with Crippen molar-refractivity contribution in [3.63, 3.8) is 0 Å². The van der Waals surface area contributed by atoms with Gasteiger partial charge in [-0.1, -0.05) is 30.3 Å². The van der Waals surface area contributed by atoms with Crippen molar-refractivity contribution < 1.29 is 14.7 Å². The Labute approximate surface area is 124 Å². The van der Waals surface area contributed by atoms with Gasteiger partial charge < -0.3 is 10.0 Å². The standard InChI is InChI=1S/C17H21NO3/c1-18(15(19)13-7-8-14(13)16(20)21)11-17(9-10-17)12-5-3-2-4-6-12/h2-6,13-14H,7-11H2,1H3,(H,20,21). The number of hydrogen-bond acceptors (Lipinski definition) is 2. The van der Waals surface area contributed by atoms with Crippen LogP contribution in [-0.4, -0.2) is 35.5 Å². The molecule has 1 aromatic carbocycles. The third-order valence-electron chi connectivity index (χ3n) is 5.06. The summed E-state index contributed by atoms with van der Waals surface area (Å²) in [4.78, 5) is 25.3. The van der Waals surface area contributed by atoms with Crippen LogP contribution in [0.15, 0.2) is 30.3 Å². The molecule has 0 heterocycles. The summed E-state index contributed by atoms with van der Waals surface area (Å²) in [6, 6.07) is 10.3. The molecule has 4 heteroatoms. The average Bonchev–Trinajstić information content (AvgIpc) is 3.18. The summed E-state index contributed by atoms with van der Waals surface area (Å²) in [5.74, 6) is -1.64. The van der Waals surface area contributed by atoms with Crippen molar-refractivity contribution in [1.29, 1.82) is 0 Å². The fourth-order valence-electron chi connectivity index (χ4n) is 3.39. The molecule has 2 fully saturated rings. The van der Waals surface area contributed by atoms with Crippen molar-refractivity contribution in [2.24, 2.45) is 11.8 Å². The van der Waals surface area contributed by atoms with Gasteiger partial charge in [0.1, 0.15) is 0 Å². The van der Waals surface area contributed by atoms with Gasteiger partial charge in [0.15, 0.2) is 0 Å². The van der Waals surface area contributed by atoms with Crippen LogP contribution >= 0.6 is 0 Å². The van der Waals surface area contributed by atoms with Crippen molar-refractivity contribution in [3.05, 3.63) is 35.9 Å². The second kappa shape index (κ2) is 5.17. The minimum atomic E-state index is -0.836. The van der Waals surface area contributed by atoms with Crippen LogP contribution in [0.3, 0.4) is 0 Å². The maximum absolute atomic E-state index is 12.4. The lowest BCUT2D eigenvalue weighted by Crippen LogP contribution is -2.46. The van der Waals surface area contributed by atoms with Crippen molar-refractivity contribution >= 4 is 11.9 Å². The molecular weight excluding hydrogens is 266 g/mol. The highest BCUT2D eigenvalue weighted by Crippen LogP contribution is 2.49. The quantitative estimate of drug-likeness (QED) is 0.904. The summed E-state index contributed by atoms with van der Waals surface area (Å²) in [5, 5.41) is 9.09. The molecule has 1 N–H and O–H groups in total. The molecule has 21 heavy (non-hydrogen) atoms. The number of amides is 1. The maximum Gasteiger partial charge on any atom is 0.307 e. The predicted molar refractivity (Wildman–Crippen MR) is 78.8 cm³/mol. The zero-order valence-corrected chi connectivity index (χ0v) is 12.3. The first-order valence-electron chi connectivity index (χ1n) is 7.57. The Morgan fingerprint density at radius 2 is 1.81 bits per heavy atom. The van der Waals surface area contributed by atoms with E-state index >= 15 is 0 Å². The SMILES string of the molecule is CN(CC1(c2ccccc2)CC1)C(=O)C1CCC1C(=O)O. The molecule has 0 spiro atoms. The largest absolute Gasteiger partial charge is 0.481 e. The predicted octanol–water partition coefficient (Wildman–Crippen LogP) is 2.29. The molecule has 0 aliphatic heterocycles. The van der Waals surface area contributed by atoms with E-state index in [-0.39, 0.29) is 17.2 Å². The minimum absolute atomic E-state index is 0.00384. The number of carboxylic acid groups (broad SMARTS) is 1. The Hall–Kier alpha value is -1.84. The molecule has 2 aliphatic carbocycles. The normalized spacial score (nSPS) is 25.8. The number of likely N-dealkylation sites (N-methyl/N-ethyl adjacent to an activating group) is 1. The molecule has 2 unspecified atom stereocenters. The lowest BCUT2D eigenvalue weighted by atomic mass is 9.73. The van der Waals surface area contributed by atoms with Crippen LogP contribution in [0, 0.1) is 11.8 Å². The smallest absolute Gasteiger partial charge is 0.307 e. The number of hydrogen-bond donors (Lipinski definition) is 1. The number of aliphatic carboxylic acids is 1. The molecular formula is C17H21NO3. The Balaban J connectivity index is 1.66. The molecule has 3 rings (SSSR count). The number of nitrogens with zero attached hydrogens (tertiary/aromatic N) is 1. The summed E-state index contributed by atoms with van der Waals surface area (Å²) in [6.07, 6.45) is 3.53. The molecule has 4 nitrogen and oxygen atoms in total. The van der Waals surface area contributed by atoms with Crippen molar-refractivity contribution in [2.75, 3.05) is 13.6 Å². The van der Waals surface area contributed by atoms with Crippen LogP contribution in [0.1, 0.15) is 31.2 Å². The van der Waals surface area contributed by atoms with Gasteiger partial charge in [0.2, 0.25) is 5.91 Å². The van der Waals surface area contributed by atoms with Gasteiger partial charge in [-0.25, -0.2) is 0 Å². The summed E-state index contributed by atoms with van der Waals surface area (Å²) in [6.45, 7) is 0.693. The number of benzene rings is 1. The second-order valence-corrected chi connectivity index (χ2v) is 6.47. The van der Waals surface area contributed by atoms with E-state index in [0.29, 0.717) is 19.4 Å². The highest BCUT2D eigenvalue weighted by atomic mass is 16.4. The molecule has 1 amide bonds. The maximum atomic E-state index is 12.4. The third-order valence-corrected chi connectivity index (χ3v) is 5.06. The molecule has 2 aliphatic rings. The first-order chi connectivity index (χ1) is 10.0. The zero-order valence-electron chi connectivity index (χ0n) is 12.3. The Bertz CT molecular complexity index is 550. The van der Waals surface area contributed by atoms with E-state index in [2.05, 4.69) is 12.1 Å². The van der Waals surface area contributed by atoms with Gasteiger partial charge in [0.05, 0.1) is 11.8 Å². The fourth-order valence-corrected chi connectivity index (χ4v) is 3.39. The van der Waals surface area contributed by atoms with Crippen LogP contribution in [0.5, 0.6) is 0 Å². The molecule has 0 saturated heterocycles. The highest BCUT2D eigenvalue weighted by molar-refractivity contribution is 5.86. The van der Waals surface area contributed by atoms with Gasteiger partial charge in [0.25, 0.3) is 0 Å². The van der Waals surface area contributed by atoms with Crippen molar-refractivity contribution in [2.45, 2.75) is 31.1 Å². The van der Waals surface area contributed by atoms with E-state index < -0.39 is 11.9 Å². The lowest BCUT2D eigenvalue weighted by molar-refractivity contribution is -0.156. The van der Waals surface area contributed by atoms with Crippen LogP contribution in [0.4, 0.5) is 0 Å². The van der Waals surface area contributed by atoms with Crippen molar-refractivity contribution in [1.82, 2.24) is 4.90 Å². The van der Waals surface area contributed by atoms with E-state index in [1.807, 2.05) is 25.2 Å². The van der Waals surface area contributed by atoms with Crippen LogP contribution in [0.2, 0.25) is 0 Å². The average molecular weight is 287 g/mol. The van der Waals surface area contributed by atoms with E-state index in [1.165, 1.54) is 5.56 Å². The van der Waals surface area contributed by atoms with E-state index in [9.17, 15) is 9.59 Å². The number of carbonyl (C=O) groups excluding carboxylic acids is 1. The zero-order chi connectivity index (χ0) is 15.0. The topological polar surface area (TPSA) is 57.6 Å². The van der Waals surface area contributed by atoms with E-state index in [4.69, 9.17) is 5.11 Å². The molecule has 0 bridgehead atoms. The number of carboxylic acids is 1. The van der Waals surface area contributed by atoms with Gasteiger partial charge in [-0.2, -0.15) is 0 Å². The molecule has 1 aromatic rings. The first kappa shape index (κ1) is 14.1. The lowest BCUT2D eigenvalue weighted by Gasteiger charge is -2.36. The summed E-state index contributed by atoms with van der Waals surface area (Å²) in [7, 11) is 1.81. The molecule has 2 atom stereocenters. The number of rotatable bonds is 5. The Morgan fingerprint density at radius 1 is 1.19 bits per heavy atom. The first-order valence-corrected chi connectivity index (χ1v) is 7.57. The molecule has 112 valence electrons. The fraction of sp³-hybridized carbons (Fsp3) is 0.529. The third kappa shape index (κ3) is 2.55. The molecule has 0 radical (unpaired) electrons. The minimum Gasteiger partial charge on any atom is -0.481 e. The Morgan fingerprint density at radius 3 is 2.29 bits per heavy atom. The molecule has 2 saturated carbocycles. The summed E-state index contributed by atoms with van der Waals surface area (Å²) < 4.78 is 0. The van der Waals surface area contributed by atoms with Gasteiger partial charge in [-0.3, -0.25) is 9.59 Å². The summed E-state index contributed by atoms with van der Waals surface area (Å²) in [5.41, 5.74) is 1.38.